The van der Waals surface area contributed by atoms with Gasteiger partial charge in [-0.2, -0.15) is 4.31 Å². The molecule has 0 saturated carbocycles. The fourth-order valence-electron chi connectivity index (χ4n) is 3.34. The van der Waals surface area contributed by atoms with Gasteiger partial charge in [0.1, 0.15) is 11.6 Å². The van der Waals surface area contributed by atoms with Crippen LogP contribution < -0.4 is 9.64 Å². The van der Waals surface area contributed by atoms with Gasteiger partial charge >= 0.3 is 0 Å². The molecule has 0 N–H and O–H groups in total. The van der Waals surface area contributed by atoms with E-state index in [-0.39, 0.29) is 19.0 Å². The molecule has 1 fully saturated rings. The summed E-state index contributed by atoms with van der Waals surface area (Å²) in [6, 6.07) is 13.3. The van der Waals surface area contributed by atoms with Crippen molar-refractivity contribution in [1.82, 2.24) is 9.21 Å². The van der Waals surface area contributed by atoms with Crippen LogP contribution in [0.3, 0.4) is 0 Å². The first-order valence-corrected chi connectivity index (χ1v) is 11.5. The quantitative estimate of drug-likeness (QED) is 0.665. The van der Waals surface area contributed by atoms with E-state index in [1.54, 1.807) is 12.0 Å². The predicted octanol–water partition coefficient (Wildman–Crippen LogP) is 1.94. The lowest BCUT2D eigenvalue weighted by atomic mass is 10.2. The zero-order valence-electron chi connectivity index (χ0n) is 17.1. The molecule has 1 amide bonds. The molecule has 2 aromatic rings. The van der Waals surface area contributed by atoms with Crippen LogP contribution in [0.2, 0.25) is 0 Å². The summed E-state index contributed by atoms with van der Waals surface area (Å²) in [5.74, 6) is 0.155. The lowest BCUT2D eigenvalue weighted by Gasteiger charge is -2.37. The third-order valence-corrected chi connectivity index (χ3v) is 6.32. The second-order valence-electron chi connectivity index (χ2n) is 7.22. The first kappa shape index (κ1) is 22.0. The number of halogens is 1. The molecule has 162 valence electrons. The Bertz CT molecular complexity index is 957. The van der Waals surface area contributed by atoms with Crippen LogP contribution in [-0.4, -0.2) is 69.6 Å². The summed E-state index contributed by atoms with van der Waals surface area (Å²) in [5.41, 5.74) is 1.68. The first-order chi connectivity index (χ1) is 14.3. The molecule has 0 aliphatic carbocycles. The molecule has 2 aromatic carbocycles. The number of amides is 1. The number of benzene rings is 2. The van der Waals surface area contributed by atoms with E-state index in [2.05, 4.69) is 4.90 Å². The van der Waals surface area contributed by atoms with Gasteiger partial charge in [-0.05, 0) is 42.0 Å². The number of carbonyl (C=O) groups excluding carboxylic acids is 1. The lowest BCUT2D eigenvalue weighted by Crippen LogP contribution is -2.51. The molecular formula is C21H26FN3O4S. The Hall–Kier alpha value is -2.65. The largest absolute Gasteiger partial charge is 0.497 e. The standard InChI is InChI=1S/C21H26FN3O4S/c1-29-20-9-7-19(8-10-20)23-11-13-24(14-12-23)21(26)16-25(30(2,27)28)15-17-3-5-18(22)6-4-17/h3-10H,11-16H2,1-2H3. The summed E-state index contributed by atoms with van der Waals surface area (Å²) in [4.78, 5) is 16.6. The number of sulfonamides is 1. The molecule has 1 saturated heterocycles. The SMILES string of the molecule is COc1ccc(N2CCN(C(=O)CN(Cc3ccc(F)cc3)S(C)(=O)=O)CC2)cc1. The van der Waals surface area contributed by atoms with Crippen LogP contribution in [0.5, 0.6) is 5.75 Å². The molecule has 3 rings (SSSR count). The van der Waals surface area contributed by atoms with Gasteiger partial charge in [-0.15, -0.1) is 0 Å². The van der Waals surface area contributed by atoms with Crippen molar-refractivity contribution in [2.45, 2.75) is 6.54 Å². The number of methoxy groups -OCH3 is 1. The van der Waals surface area contributed by atoms with Gasteiger partial charge in [0.05, 0.1) is 19.9 Å². The number of rotatable bonds is 7. The van der Waals surface area contributed by atoms with Crippen molar-refractivity contribution in [1.29, 1.82) is 0 Å². The molecule has 0 radical (unpaired) electrons. The number of nitrogens with zero attached hydrogens (tertiary/aromatic N) is 3. The van der Waals surface area contributed by atoms with Crippen molar-refractivity contribution >= 4 is 21.6 Å². The maximum atomic E-state index is 13.1. The average Bonchev–Trinajstić information content (AvgIpc) is 2.74. The van der Waals surface area contributed by atoms with Gasteiger partial charge in [-0.3, -0.25) is 4.79 Å². The zero-order chi connectivity index (χ0) is 21.7. The fraction of sp³-hybridized carbons (Fsp3) is 0.381. The van der Waals surface area contributed by atoms with Crippen LogP contribution in [0.4, 0.5) is 10.1 Å². The average molecular weight is 436 g/mol. The lowest BCUT2D eigenvalue weighted by molar-refractivity contribution is -0.131. The van der Waals surface area contributed by atoms with Crippen molar-refractivity contribution in [2.24, 2.45) is 0 Å². The molecule has 0 bridgehead atoms. The highest BCUT2D eigenvalue weighted by atomic mass is 32.2. The van der Waals surface area contributed by atoms with Gasteiger partial charge in [0.2, 0.25) is 15.9 Å². The van der Waals surface area contributed by atoms with Gasteiger partial charge in [0, 0.05) is 38.4 Å². The van der Waals surface area contributed by atoms with E-state index in [1.807, 2.05) is 24.3 Å². The molecule has 1 heterocycles. The fourth-order valence-corrected chi connectivity index (χ4v) is 4.07. The Morgan fingerprint density at radius 3 is 2.17 bits per heavy atom. The van der Waals surface area contributed by atoms with E-state index in [9.17, 15) is 17.6 Å². The van der Waals surface area contributed by atoms with E-state index >= 15 is 0 Å². The van der Waals surface area contributed by atoms with Crippen LogP contribution in [0.1, 0.15) is 5.56 Å². The Morgan fingerprint density at radius 2 is 1.63 bits per heavy atom. The summed E-state index contributed by atoms with van der Waals surface area (Å²) in [7, 11) is -1.98. The van der Waals surface area contributed by atoms with Crippen LogP contribution in [0.25, 0.3) is 0 Å². The Balaban J connectivity index is 1.59. The highest BCUT2D eigenvalue weighted by Gasteiger charge is 2.26. The number of piperazine rings is 1. The Morgan fingerprint density at radius 1 is 1.03 bits per heavy atom. The van der Waals surface area contributed by atoms with Gasteiger partial charge in [0.25, 0.3) is 0 Å². The molecule has 30 heavy (non-hydrogen) atoms. The predicted molar refractivity (Wildman–Crippen MR) is 113 cm³/mol. The zero-order valence-corrected chi connectivity index (χ0v) is 17.9. The minimum absolute atomic E-state index is 0.0245. The minimum Gasteiger partial charge on any atom is -0.497 e. The molecule has 1 aliphatic rings. The Labute approximate surface area is 176 Å². The van der Waals surface area contributed by atoms with Crippen molar-refractivity contribution in [3.63, 3.8) is 0 Å². The van der Waals surface area contributed by atoms with E-state index in [1.165, 1.54) is 24.3 Å². The number of ether oxygens (including phenoxy) is 1. The normalized spacial score (nSPS) is 14.8. The third kappa shape index (κ3) is 5.70. The summed E-state index contributed by atoms with van der Waals surface area (Å²) >= 11 is 0. The number of carbonyl (C=O) groups is 1. The summed E-state index contributed by atoms with van der Waals surface area (Å²) in [6.07, 6.45) is 1.07. The van der Waals surface area contributed by atoms with E-state index in [0.717, 1.165) is 22.0 Å². The van der Waals surface area contributed by atoms with Crippen LogP contribution in [0.15, 0.2) is 48.5 Å². The van der Waals surface area contributed by atoms with Crippen LogP contribution in [-0.2, 0) is 21.4 Å². The number of anilines is 1. The van der Waals surface area contributed by atoms with Gasteiger partial charge in [0.15, 0.2) is 0 Å². The summed E-state index contributed by atoms with van der Waals surface area (Å²) < 4.78 is 43.7. The van der Waals surface area contributed by atoms with Crippen molar-refractivity contribution in [3.05, 3.63) is 59.9 Å². The van der Waals surface area contributed by atoms with Crippen molar-refractivity contribution < 1.29 is 22.3 Å². The van der Waals surface area contributed by atoms with Gasteiger partial charge < -0.3 is 14.5 Å². The molecule has 0 spiro atoms. The second kappa shape index (κ2) is 9.44. The molecule has 0 aromatic heterocycles. The Kier molecular flexibility index (Phi) is 6.94. The monoisotopic (exact) mass is 435 g/mol. The number of hydrogen-bond acceptors (Lipinski definition) is 5. The van der Waals surface area contributed by atoms with E-state index in [0.29, 0.717) is 31.7 Å². The minimum atomic E-state index is -3.60. The van der Waals surface area contributed by atoms with E-state index in [4.69, 9.17) is 4.74 Å². The summed E-state index contributed by atoms with van der Waals surface area (Å²) in [5, 5.41) is 0. The van der Waals surface area contributed by atoms with Crippen molar-refractivity contribution in [3.8, 4) is 5.75 Å². The molecule has 7 nitrogen and oxygen atoms in total. The molecule has 9 heteroatoms. The first-order valence-electron chi connectivity index (χ1n) is 9.62. The highest BCUT2D eigenvalue weighted by molar-refractivity contribution is 7.88. The van der Waals surface area contributed by atoms with E-state index < -0.39 is 15.8 Å². The second-order valence-corrected chi connectivity index (χ2v) is 9.21. The summed E-state index contributed by atoms with van der Waals surface area (Å²) in [6.45, 7) is 2.14. The maximum Gasteiger partial charge on any atom is 0.238 e. The topological polar surface area (TPSA) is 70.2 Å². The molecular weight excluding hydrogens is 409 g/mol. The molecule has 0 unspecified atom stereocenters. The molecule has 0 atom stereocenters. The van der Waals surface area contributed by atoms with Gasteiger partial charge in [-0.25, -0.2) is 12.8 Å². The highest BCUT2D eigenvalue weighted by Crippen LogP contribution is 2.20. The van der Waals surface area contributed by atoms with Crippen LogP contribution >= 0.6 is 0 Å². The van der Waals surface area contributed by atoms with Crippen LogP contribution in [0, 0.1) is 5.82 Å². The number of hydrogen-bond donors (Lipinski definition) is 0. The third-order valence-electron chi connectivity index (χ3n) is 5.12. The smallest absolute Gasteiger partial charge is 0.238 e. The molecule has 1 aliphatic heterocycles. The maximum absolute atomic E-state index is 13.1. The van der Waals surface area contributed by atoms with Gasteiger partial charge in [-0.1, -0.05) is 12.1 Å². The van der Waals surface area contributed by atoms with Crippen molar-refractivity contribution in [2.75, 3.05) is 51.0 Å².